The SMILES string of the molecule is C=C(C(C)=O)C(CC1CCC1)NC(=C)C1CB(C)CN1C.C=CCNC(C=C)C(C)(C)C.C=CN.CC.CC.CC(C)C.CN(C)C. The molecule has 6 nitrogen and oxygen atoms in total. The lowest BCUT2D eigenvalue weighted by Crippen LogP contribution is -2.41. The maximum atomic E-state index is 11.7. The highest BCUT2D eigenvalue weighted by atomic mass is 16.1. The molecule has 3 atom stereocenters. The second-order valence-electron chi connectivity index (χ2n) is 14.2. The van der Waals surface area contributed by atoms with Crippen LogP contribution in [0.25, 0.3) is 0 Å². The third-order valence-corrected chi connectivity index (χ3v) is 6.84. The summed E-state index contributed by atoms with van der Waals surface area (Å²) in [5, 5.41) is 6.86. The van der Waals surface area contributed by atoms with Crippen molar-refractivity contribution in [2.75, 3.05) is 41.2 Å². The Bertz CT molecular complexity index is 787. The molecule has 2 fully saturated rings. The van der Waals surface area contributed by atoms with Crippen LogP contribution in [0, 0.1) is 17.3 Å². The largest absolute Gasteiger partial charge is 0.405 e. The van der Waals surface area contributed by atoms with Crippen molar-refractivity contribution < 1.29 is 4.79 Å². The predicted octanol–water partition coefficient (Wildman–Crippen LogP) is 9.12. The molecular weight excluding hydrogens is 577 g/mol. The second-order valence-corrected chi connectivity index (χ2v) is 14.2. The number of carbonyl (C=O) groups is 1. The van der Waals surface area contributed by atoms with E-state index in [0.29, 0.717) is 24.4 Å². The average molecular weight is 662 g/mol. The van der Waals surface area contributed by atoms with E-state index in [2.05, 4.69) is 110 Å². The highest BCUT2D eigenvalue weighted by Gasteiger charge is 2.32. The number of ketones is 1. The fourth-order valence-corrected chi connectivity index (χ4v) is 4.53. The Balaban J connectivity index is -0.000000189. The van der Waals surface area contributed by atoms with E-state index in [0.717, 1.165) is 43.3 Å². The first-order valence-electron chi connectivity index (χ1n) is 18.0. The van der Waals surface area contributed by atoms with E-state index in [-0.39, 0.29) is 17.2 Å². The van der Waals surface area contributed by atoms with E-state index in [9.17, 15) is 4.79 Å². The summed E-state index contributed by atoms with van der Waals surface area (Å²) < 4.78 is 0. The quantitative estimate of drug-likeness (QED) is 0.117. The first-order valence-corrected chi connectivity index (χ1v) is 18.0. The number of nitrogens with one attached hydrogen (secondary N) is 2. The molecule has 0 aromatic rings. The minimum Gasteiger partial charge on any atom is -0.405 e. The molecule has 0 bridgehead atoms. The number of carbonyl (C=O) groups excluding carboxylic acids is 1. The van der Waals surface area contributed by atoms with Gasteiger partial charge in [-0.05, 0) is 71.4 Å². The van der Waals surface area contributed by atoms with Crippen LogP contribution in [0.5, 0.6) is 0 Å². The highest BCUT2D eigenvalue weighted by molar-refractivity contribution is 6.58. The van der Waals surface area contributed by atoms with E-state index in [4.69, 9.17) is 0 Å². The Labute approximate surface area is 296 Å². The standard InChI is InChI=1S/C17H29BN2O.C10H19N.C4H10.C3H9N.C2H5N.2C2H6/c1-12(14(3)21)16(9-15-7-6-8-15)19-13(2)17-10-18(4)11-20(17)5;1-6-8-11-9(7-2)10(3,4)5;2*1-4(2)3;1-2-3;2*1-2/h15-17,19H,1-2,6-11H2,3-5H3;6-7,9,11H,1-2,8H2,3-5H3;4H,1-3H3;1-3H3;2H,1,3H2;2*1-2H3. The maximum absolute atomic E-state index is 11.7. The van der Waals surface area contributed by atoms with E-state index < -0.39 is 0 Å². The molecule has 4 N–H and O–H groups in total. The highest BCUT2D eigenvalue weighted by Crippen LogP contribution is 2.32. The monoisotopic (exact) mass is 662 g/mol. The van der Waals surface area contributed by atoms with Crippen LogP contribution in [0.4, 0.5) is 0 Å². The van der Waals surface area contributed by atoms with Gasteiger partial charge in [-0.25, -0.2) is 0 Å². The van der Waals surface area contributed by atoms with Crippen LogP contribution in [0.2, 0.25) is 13.1 Å². The number of hydrogen-bond acceptors (Lipinski definition) is 6. The van der Waals surface area contributed by atoms with Crippen molar-refractivity contribution in [3.63, 3.8) is 0 Å². The Morgan fingerprint density at radius 3 is 1.72 bits per heavy atom. The molecule has 47 heavy (non-hydrogen) atoms. The topological polar surface area (TPSA) is 73.6 Å². The summed E-state index contributed by atoms with van der Waals surface area (Å²) in [4.78, 5) is 16.1. The lowest BCUT2D eigenvalue weighted by molar-refractivity contribution is -0.113. The van der Waals surface area contributed by atoms with Crippen molar-refractivity contribution >= 4 is 12.5 Å². The van der Waals surface area contributed by atoms with Gasteiger partial charge in [-0.1, -0.05) is 134 Å². The van der Waals surface area contributed by atoms with E-state index in [1.165, 1.54) is 25.5 Å². The molecule has 1 saturated carbocycles. The molecule has 1 saturated heterocycles. The van der Waals surface area contributed by atoms with Gasteiger partial charge in [0.05, 0.1) is 6.04 Å². The Hall–Kier alpha value is -2.09. The fraction of sp³-hybridized carbons (Fsp3) is 0.725. The summed E-state index contributed by atoms with van der Waals surface area (Å²) in [5.41, 5.74) is 6.61. The minimum atomic E-state index is 0.0598. The lowest BCUT2D eigenvalue weighted by atomic mass is 9.51. The molecular formula is C40H84BN5O. The Morgan fingerprint density at radius 1 is 1.04 bits per heavy atom. The van der Waals surface area contributed by atoms with Gasteiger partial charge in [0.2, 0.25) is 0 Å². The maximum Gasteiger partial charge on any atom is 0.157 e. The van der Waals surface area contributed by atoms with Gasteiger partial charge in [0.1, 0.15) is 0 Å². The predicted molar refractivity (Wildman–Crippen MR) is 220 cm³/mol. The third kappa shape index (κ3) is 33.6. The molecule has 1 aliphatic carbocycles. The van der Waals surface area contributed by atoms with Crippen LogP contribution in [0.1, 0.15) is 102 Å². The molecule has 7 heteroatoms. The van der Waals surface area contributed by atoms with Gasteiger partial charge in [0, 0.05) is 29.9 Å². The van der Waals surface area contributed by atoms with Gasteiger partial charge in [-0.15, -0.1) is 13.2 Å². The Kier molecular flexibility index (Phi) is 39.1. The van der Waals surface area contributed by atoms with Crippen molar-refractivity contribution in [2.24, 2.45) is 23.0 Å². The average Bonchev–Trinajstić information content (AvgIpc) is 3.29. The van der Waals surface area contributed by atoms with Crippen molar-refractivity contribution in [3.05, 3.63) is 62.5 Å². The zero-order chi connectivity index (χ0) is 38.3. The van der Waals surface area contributed by atoms with Gasteiger partial charge in [0.15, 0.2) is 12.5 Å². The third-order valence-electron chi connectivity index (χ3n) is 6.84. The molecule has 0 radical (unpaired) electrons. The van der Waals surface area contributed by atoms with Gasteiger partial charge in [-0.2, -0.15) is 0 Å². The van der Waals surface area contributed by atoms with Crippen molar-refractivity contribution in [2.45, 2.75) is 133 Å². The molecule has 0 aromatic carbocycles. The zero-order valence-corrected chi connectivity index (χ0v) is 34.6. The van der Waals surface area contributed by atoms with Crippen LogP contribution in [0.3, 0.4) is 0 Å². The summed E-state index contributed by atoms with van der Waals surface area (Å²) >= 11 is 0. The zero-order valence-electron chi connectivity index (χ0n) is 34.6. The number of Topliss-reactive ketones (excluding diaryl/α,β-unsaturated/α-hetero) is 1. The van der Waals surface area contributed by atoms with Crippen molar-refractivity contribution in [3.8, 4) is 0 Å². The van der Waals surface area contributed by atoms with Crippen LogP contribution in [-0.2, 0) is 4.79 Å². The van der Waals surface area contributed by atoms with Crippen LogP contribution >= 0.6 is 0 Å². The molecule has 278 valence electrons. The number of nitrogens with two attached hydrogens (primary N) is 1. The van der Waals surface area contributed by atoms with E-state index in [1.807, 2.05) is 65.9 Å². The lowest BCUT2D eigenvalue weighted by Gasteiger charge is -2.33. The van der Waals surface area contributed by atoms with Gasteiger partial charge in [-0.3, -0.25) is 4.79 Å². The second kappa shape index (κ2) is 33.8. The first kappa shape index (κ1) is 54.4. The molecule has 1 heterocycles. The molecule has 0 spiro atoms. The number of likely N-dealkylation sites (N-methyl/N-ethyl adjacent to an activating group) is 1. The van der Waals surface area contributed by atoms with Crippen LogP contribution in [0.15, 0.2) is 62.5 Å². The molecule has 2 rings (SSSR count). The van der Waals surface area contributed by atoms with Crippen molar-refractivity contribution in [1.82, 2.24) is 20.4 Å². The van der Waals surface area contributed by atoms with Gasteiger partial charge >= 0.3 is 0 Å². The summed E-state index contributed by atoms with van der Waals surface area (Å²) in [5.74, 6) is 1.67. The summed E-state index contributed by atoms with van der Waals surface area (Å²) in [6, 6.07) is 0.800. The summed E-state index contributed by atoms with van der Waals surface area (Å²) in [6.45, 7) is 45.4. The molecule has 2 aliphatic rings. The molecule has 1 aliphatic heterocycles. The van der Waals surface area contributed by atoms with E-state index in [1.54, 1.807) is 6.92 Å². The number of nitrogens with zero attached hydrogens (tertiary/aromatic N) is 2. The molecule has 0 aromatic heterocycles. The van der Waals surface area contributed by atoms with Gasteiger partial charge < -0.3 is 26.2 Å². The summed E-state index contributed by atoms with van der Waals surface area (Å²) in [6.07, 6.45) is 12.2. The minimum absolute atomic E-state index is 0.0598. The first-order chi connectivity index (χ1) is 21.8. The van der Waals surface area contributed by atoms with Crippen LogP contribution in [-0.4, -0.2) is 81.6 Å². The summed E-state index contributed by atoms with van der Waals surface area (Å²) in [7, 11) is 8.15. The number of rotatable bonds is 11. The van der Waals surface area contributed by atoms with E-state index >= 15 is 0 Å². The van der Waals surface area contributed by atoms with Crippen LogP contribution < -0.4 is 16.4 Å². The molecule has 0 amide bonds. The number of hydrogen-bond donors (Lipinski definition) is 3. The molecule has 3 unspecified atom stereocenters. The fourth-order valence-electron chi connectivity index (χ4n) is 4.53. The smallest absolute Gasteiger partial charge is 0.157 e. The van der Waals surface area contributed by atoms with Gasteiger partial charge in [0.25, 0.3) is 0 Å². The Morgan fingerprint density at radius 2 is 1.47 bits per heavy atom. The normalized spacial score (nSPS) is 16.3. The van der Waals surface area contributed by atoms with Crippen molar-refractivity contribution in [1.29, 1.82) is 0 Å².